The highest BCUT2D eigenvalue weighted by atomic mass is 32.1. The van der Waals surface area contributed by atoms with Gasteiger partial charge in [0.15, 0.2) is 5.11 Å². The van der Waals surface area contributed by atoms with Crippen molar-refractivity contribution in [1.82, 2.24) is 4.90 Å². The highest BCUT2D eigenvalue weighted by Crippen LogP contribution is 2.18. The number of hydrogen-bond acceptors (Lipinski definition) is 2. The molecule has 20 heavy (non-hydrogen) atoms. The fourth-order valence-electron chi connectivity index (χ4n) is 2.42. The molecule has 1 fully saturated rings. The van der Waals surface area contributed by atoms with E-state index in [-0.39, 0.29) is 11.8 Å². The lowest BCUT2D eigenvalue weighted by Gasteiger charge is -2.33. The third-order valence-electron chi connectivity index (χ3n) is 3.72. The summed E-state index contributed by atoms with van der Waals surface area (Å²) in [5.41, 5.74) is 7.66. The van der Waals surface area contributed by atoms with Gasteiger partial charge >= 0.3 is 0 Å². The number of amides is 1. The standard InChI is InChI=1S/C15H21N3OS/c1-2-11-5-7-13(8-6-11)17-15(20)18-9-3-4-12(10-18)14(16)19/h5-8,12H,2-4,9-10H2,1H3,(H2,16,19)(H,17,20)/t12-/m1/s1. The first-order valence-corrected chi connectivity index (χ1v) is 7.45. The van der Waals surface area contributed by atoms with Gasteiger partial charge in [0.25, 0.3) is 0 Å². The first kappa shape index (κ1) is 14.8. The van der Waals surface area contributed by atoms with Crippen molar-refractivity contribution in [2.24, 2.45) is 11.7 Å². The van der Waals surface area contributed by atoms with E-state index in [9.17, 15) is 4.79 Å². The van der Waals surface area contributed by atoms with Crippen LogP contribution >= 0.6 is 12.2 Å². The maximum Gasteiger partial charge on any atom is 0.222 e. The van der Waals surface area contributed by atoms with E-state index in [0.717, 1.165) is 31.5 Å². The Bertz CT molecular complexity index is 486. The Morgan fingerprint density at radius 1 is 1.45 bits per heavy atom. The number of aryl methyl sites for hydroxylation is 1. The van der Waals surface area contributed by atoms with Gasteiger partial charge in [-0.25, -0.2) is 0 Å². The lowest BCUT2D eigenvalue weighted by molar-refractivity contribution is -0.122. The highest BCUT2D eigenvalue weighted by Gasteiger charge is 2.25. The molecule has 0 aromatic heterocycles. The number of anilines is 1. The Labute approximate surface area is 125 Å². The summed E-state index contributed by atoms with van der Waals surface area (Å²) in [6, 6.07) is 8.24. The van der Waals surface area contributed by atoms with Crippen molar-refractivity contribution in [3.05, 3.63) is 29.8 Å². The molecule has 1 aromatic carbocycles. The zero-order chi connectivity index (χ0) is 14.5. The molecular formula is C15H21N3OS. The normalized spacial score (nSPS) is 18.6. The van der Waals surface area contributed by atoms with Crippen molar-refractivity contribution >= 4 is 28.9 Å². The van der Waals surface area contributed by atoms with Gasteiger partial charge in [-0.1, -0.05) is 19.1 Å². The minimum absolute atomic E-state index is 0.0917. The van der Waals surface area contributed by atoms with Crippen LogP contribution in [-0.2, 0) is 11.2 Å². The maximum absolute atomic E-state index is 11.3. The number of carbonyl (C=O) groups excluding carboxylic acids is 1. The minimum atomic E-state index is -0.232. The number of rotatable bonds is 3. The molecular weight excluding hydrogens is 270 g/mol. The monoisotopic (exact) mass is 291 g/mol. The lowest BCUT2D eigenvalue weighted by Crippen LogP contribution is -2.45. The number of primary amides is 1. The summed E-state index contributed by atoms with van der Waals surface area (Å²) < 4.78 is 0. The number of nitrogens with one attached hydrogen (secondary N) is 1. The molecule has 1 atom stereocenters. The van der Waals surface area contributed by atoms with Gasteiger partial charge in [-0.05, 0) is 49.2 Å². The molecule has 0 saturated carbocycles. The van der Waals surface area contributed by atoms with Crippen LogP contribution < -0.4 is 11.1 Å². The Morgan fingerprint density at radius 2 is 2.15 bits per heavy atom. The smallest absolute Gasteiger partial charge is 0.222 e. The molecule has 1 aromatic rings. The van der Waals surface area contributed by atoms with Gasteiger partial charge in [-0.2, -0.15) is 0 Å². The van der Waals surface area contributed by atoms with E-state index in [2.05, 4.69) is 24.4 Å². The molecule has 0 spiro atoms. The van der Waals surface area contributed by atoms with Gasteiger partial charge in [0.05, 0.1) is 5.92 Å². The third kappa shape index (κ3) is 3.70. The van der Waals surface area contributed by atoms with Gasteiger partial charge in [0.2, 0.25) is 5.91 Å². The van der Waals surface area contributed by atoms with Crippen LogP contribution in [0.1, 0.15) is 25.3 Å². The van der Waals surface area contributed by atoms with Gasteiger partial charge in [-0.3, -0.25) is 4.79 Å². The van der Waals surface area contributed by atoms with Gasteiger partial charge in [0.1, 0.15) is 0 Å². The first-order valence-electron chi connectivity index (χ1n) is 7.04. The first-order chi connectivity index (χ1) is 9.60. The molecule has 1 saturated heterocycles. The summed E-state index contributed by atoms with van der Waals surface area (Å²) >= 11 is 5.42. The number of likely N-dealkylation sites (tertiary alicyclic amines) is 1. The van der Waals surface area contributed by atoms with Crippen LogP contribution in [0.5, 0.6) is 0 Å². The molecule has 0 unspecified atom stereocenters. The Morgan fingerprint density at radius 3 is 2.75 bits per heavy atom. The summed E-state index contributed by atoms with van der Waals surface area (Å²) in [7, 11) is 0. The summed E-state index contributed by atoms with van der Waals surface area (Å²) in [6.45, 7) is 3.63. The molecule has 3 N–H and O–H groups in total. The van der Waals surface area contributed by atoms with Crippen molar-refractivity contribution in [1.29, 1.82) is 0 Å². The van der Waals surface area contributed by atoms with E-state index in [4.69, 9.17) is 18.0 Å². The number of carbonyl (C=O) groups is 1. The van der Waals surface area contributed by atoms with Crippen LogP contribution in [0.4, 0.5) is 5.69 Å². The van der Waals surface area contributed by atoms with Crippen molar-refractivity contribution in [3.8, 4) is 0 Å². The van der Waals surface area contributed by atoms with Crippen molar-refractivity contribution in [2.45, 2.75) is 26.2 Å². The highest BCUT2D eigenvalue weighted by molar-refractivity contribution is 7.80. The molecule has 4 nitrogen and oxygen atoms in total. The predicted molar refractivity (Wildman–Crippen MR) is 85.5 cm³/mol. The quantitative estimate of drug-likeness (QED) is 0.838. The molecule has 0 aliphatic carbocycles. The topological polar surface area (TPSA) is 58.4 Å². The van der Waals surface area contributed by atoms with E-state index < -0.39 is 0 Å². The van der Waals surface area contributed by atoms with Crippen LogP contribution in [-0.4, -0.2) is 29.0 Å². The van der Waals surface area contributed by atoms with Crippen molar-refractivity contribution in [2.75, 3.05) is 18.4 Å². The second-order valence-corrected chi connectivity index (χ2v) is 5.55. The number of thiocarbonyl (C=S) groups is 1. The molecule has 5 heteroatoms. The number of nitrogens with zero attached hydrogens (tertiary/aromatic N) is 1. The minimum Gasteiger partial charge on any atom is -0.369 e. The van der Waals surface area contributed by atoms with Crippen molar-refractivity contribution in [3.63, 3.8) is 0 Å². The lowest BCUT2D eigenvalue weighted by atomic mass is 9.98. The molecule has 1 aliphatic heterocycles. The Balaban J connectivity index is 1.95. The zero-order valence-corrected chi connectivity index (χ0v) is 12.6. The average molecular weight is 291 g/mol. The third-order valence-corrected chi connectivity index (χ3v) is 4.08. The predicted octanol–water partition coefficient (Wildman–Crippen LogP) is 2.14. The molecule has 108 valence electrons. The van der Waals surface area contributed by atoms with Crippen LogP contribution in [0.2, 0.25) is 0 Å². The Hall–Kier alpha value is -1.62. The van der Waals surface area contributed by atoms with Crippen LogP contribution in [0.3, 0.4) is 0 Å². The molecule has 0 bridgehead atoms. The van der Waals surface area contributed by atoms with Gasteiger partial charge in [-0.15, -0.1) is 0 Å². The largest absolute Gasteiger partial charge is 0.369 e. The molecule has 1 aliphatic rings. The number of piperidine rings is 1. The van der Waals surface area contributed by atoms with E-state index in [0.29, 0.717) is 11.7 Å². The second kappa shape index (κ2) is 6.70. The molecule has 0 radical (unpaired) electrons. The van der Waals surface area contributed by atoms with Crippen LogP contribution in [0, 0.1) is 5.92 Å². The van der Waals surface area contributed by atoms with Crippen LogP contribution in [0.15, 0.2) is 24.3 Å². The number of benzene rings is 1. The number of hydrogen-bond donors (Lipinski definition) is 2. The van der Waals surface area contributed by atoms with Gasteiger partial charge in [0, 0.05) is 18.8 Å². The fraction of sp³-hybridized carbons (Fsp3) is 0.467. The zero-order valence-electron chi connectivity index (χ0n) is 11.8. The molecule has 1 amide bonds. The average Bonchev–Trinajstić information content (AvgIpc) is 2.48. The van der Waals surface area contributed by atoms with E-state index in [1.54, 1.807) is 0 Å². The molecule has 2 rings (SSSR count). The van der Waals surface area contributed by atoms with E-state index in [1.807, 2.05) is 17.0 Å². The summed E-state index contributed by atoms with van der Waals surface area (Å²) in [5, 5.41) is 3.89. The fourth-order valence-corrected chi connectivity index (χ4v) is 2.70. The van der Waals surface area contributed by atoms with E-state index >= 15 is 0 Å². The summed E-state index contributed by atoms with van der Waals surface area (Å²) in [4.78, 5) is 13.3. The van der Waals surface area contributed by atoms with E-state index in [1.165, 1.54) is 5.56 Å². The van der Waals surface area contributed by atoms with Crippen LogP contribution in [0.25, 0.3) is 0 Å². The summed E-state index contributed by atoms with van der Waals surface area (Å²) in [6.07, 6.45) is 2.83. The SMILES string of the molecule is CCc1ccc(NC(=S)N2CCC[C@@H](C(N)=O)C2)cc1. The molecule has 1 heterocycles. The maximum atomic E-state index is 11.3. The summed E-state index contributed by atoms with van der Waals surface area (Å²) in [5.74, 6) is -0.323. The number of nitrogens with two attached hydrogens (primary N) is 1. The second-order valence-electron chi connectivity index (χ2n) is 5.17. The van der Waals surface area contributed by atoms with Gasteiger partial charge < -0.3 is 16.0 Å². The Kier molecular flexibility index (Phi) is 4.95. The van der Waals surface area contributed by atoms with Crippen molar-refractivity contribution < 1.29 is 4.79 Å².